The second kappa shape index (κ2) is 12.9. The number of alkyl halides is 2. The van der Waals surface area contributed by atoms with Gasteiger partial charge in [-0.15, -0.1) is 0 Å². The standard InChI is InChI=1S/C23H22BrF2N3O5S.Na/c1-3-21(30)28-35(32,33)20-10-9-17(11-15(20)13-34-22(31)4-2)29-19(12-18(27-29)23(25)26)14-5-7-16(24)8-6-14;/h5-12,23H,3-4,13H2,1-2H3,(H,28,30);/q;+1/p-1. The van der Waals surface area contributed by atoms with E-state index in [-0.39, 0.29) is 58.5 Å². The van der Waals surface area contributed by atoms with Gasteiger partial charge >= 0.3 is 35.5 Å². The van der Waals surface area contributed by atoms with Gasteiger partial charge in [-0.1, -0.05) is 41.9 Å². The molecule has 1 heterocycles. The molecule has 8 nitrogen and oxygen atoms in total. The summed E-state index contributed by atoms with van der Waals surface area (Å²) in [6, 6.07) is 12.0. The molecule has 0 atom stereocenters. The largest absolute Gasteiger partial charge is 1.00 e. The Morgan fingerprint density at radius 2 is 1.75 bits per heavy atom. The molecule has 36 heavy (non-hydrogen) atoms. The summed E-state index contributed by atoms with van der Waals surface area (Å²) in [6.07, 6.45) is -2.89. The molecule has 0 unspecified atom stereocenters. The molecule has 0 aliphatic carbocycles. The van der Waals surface area contributed by atoms with Gasteiger partial charge in [-0.25, -0.2) is 21.9 Å². The number of esters is 1. The summed E-state index contributed by atoms with van der Waals surface area (Å²) < 4.78 is 62.9. The van der Waals surface area contributed by atoms with Crippen LogP contribution < -0.4 is 29.6 Å². The Morgan fingerprint density at radius 1 is 1.08 bits per heavy atom. The number of carbonyl (C=O) groups is 2. The summed E-state index contributed by atoms with van der Waals surface area (Å²) in [4.78, 5) is 23.1. The first kappa shape index (κ1) is 30.1. The third kappa shape index (κ3) is 7.22. The van der Waals surface area contributed by atoms with Crippen molar-refractivity contribution in [3.63, 3.8) is 0 Å². The zero-order valence-corrected chi connectivity index (χ0v) is 24.1. The number of sulfonamides is 1. The van der Waals surface area contributed by atoms with Crippen LogP contribution in [0.5, 0.6) is 0 Å². The fraction of sp³-hybridized carbons (Fsp3) is 0.261. The van der Waals surface area contributed by atoms with Crippen molar-refractivity contribution in [2.45, 2.75) is 44.6 Å². The normalized spacial score (nSPS) is 11.2. The van der Waals surface area contributed by atoms with Crippen molar-refractivity contribution >= 4 is 37.8 Å². The number of aromatic nitrogens is 2. The number of hydrogen-bond acceptors (Lipinski definition) is 6. The summed E-state index contributed by atoms with van der Waals surface area (Å²) in [5.74, 6) is -1.41. The fourth-order valence-electron chi connectivity index (χ4n) is 3.10. The van der Waals surface area contributed by atoms with E-state index < -0.39 is 40.6 Å². The van der Waals surface area contributed by atoms with Gasteiger partial charge in [-0.2, -0.15) is 5.10 Å². The SMILES string of the molecule is CCC(=O)[N-]S(=O)(=O)c1ccc(-n2nc(C(F)F)cc2-c2ccc(Br)cc2)cc1COC(=O)CC.[Na+]. The molecular weight excluding hydrogens is 571 g/mol. The van der Waals surface area contributed by atoms with Crippen LogP contribution in [0.4, 0.5) is 8.78 Å². The molecule has 1 amide bonds. The number of hydrogen-bond donors (Lipinski definition) is 0. The Balaban J connectivity index is 0.00000456. The molecule has 0 bridgehead atoms. The van der Waals surface area contributed by atoms with Crippen LogP contribution in [-0.2, 0) is 31.0 Å². The number of carbonyl (C=O) groups excluding carboxylic acids is 2. The number of benzene rings is 2. The number of amides is 1. The van der Waals surface area contributed by atoms with Gasteiger partial charge < -0.3 is 14.3 Å². The molecule has 0 aliphatic rings. The average molecular weight is 592 g/mol. The van der Waals surface area contributed by atoms with Gasteiger partial charge in [-0.05, 0) is 42.8 Å². The second-order valence-electron chi connectivity index (χ2n) is 7.29. The van der Waals surface area contributed by atoms with E-state index >= 15 is 0 Å². The molecule has 186 valence electrons. The van der Waals surface area contributed by atoms with Gasteiger partial charge in [0.2, 0.25) is 0 Å². The van der Waals surface area contributed by atoms with E-state index in [0.717, 1.165) is 4.47 Å². The van der Waals surface area contributed by atoms with Crippen LogP contribution in [0.3, 0.4) is 0 Å². The molecule has 13 heteroatoms. The minimum absolute atomic E-state index is 0. The first-order valence-electron chi connectivity index (χ1n) is 10.5. The van der Waals surface area contributed by atoms with Gasteiger partial charge in [0, 0.05) is 22.0 Å². The second-order valence-corrected chi connectivity index (χ2v) is 9.78. The summed E-state index contributed by atoms with van der Waals surface area (Å²) in [5.41, 5.74) is 0.727. The van der Waals surface area contributed by atoms with Crippen LogP contribution in [-0.4, -0.2) is 30.1 Å². The van der Waals surface area contributed by atoms with E-state index in [9.17, 15) is 26.8 Å². The monoisotopic (exact) mass is 591 g/mol. The van der Waals surface area contributed by atoms with Crippen molar-refractivity contribution in [2.24, 2.45) is 0 Å². The van der Waals surface area contributed by atoms with E-state index in [4.69, 9.17) is 4.74 Å². The molecule has 0 saturated carbocycles. The topological polar surface area (TPSA) is 109 Å². The zero-order valence-electron chi connectivity index (χ0n) is 19.7. The molecule has 0 N–H and O–H groups in total. The van der Waals surface area contributed by atoms with E-state index in [0.29, 0.717) is 11.3 Å². The smallest absolute Gasteiger partial charge is 0.542 e. The molecule has 1 aromatic heterocycles. The van der Waals surface area contributed by atoms with Crippen LogP contribution in [0.15, 0.2) is 57.9 Å². The Labute approximate surface area is 237 Å². The van der Waals surface area contributed by atoms with Gasteiger partial charge in [0.05, 0.1) is 22.2 Å². The van der Waals surface area contributed by atoms with Gasteiger partial charge in [0.1, 0.15) is 22.3 Å². The maximum Gasteiger partial charge on any atom is 1.00 e. The first-order valence-corrected chi connectivity index (χ1v) is 12.7. The van der Waals surface area contributed by atoms with Gasteiger partial charge in [0.15, 0.2) is 0 Å². The van der Waals surface area contributed by atoms with E-state index in [2.05, 4.69) is 25.8 Å². The summed E-state index contributed by atoms with van der Waals surface area (Å²) >= 11 is 3.33. The molecule has 0 saturated heterocycles. The molecule has 2 aromatic carbocycles. The summed E-state index contributed by atoms with van der Waals surface area (Å²) in [6.45, 7) is 2.61. The molecule has 0 aliphatic heterocycles. The minimum Gasteiger partial charge on any atom is -0.542 e. The van der Waals surface area contributed by atoms with E-state index in [1.165, 1.54) is 35.9 Å². The third-order valence-corrected chi connectivity index (χ3v) is 6.79. The number of nitrogens with zero attached hydrogens (tertiary/aromatic N) is 3. The Kier molecular flexibility index (Phi) is 10.8. The number of rotatable bonds is 9. The Morgan fingerprint density at radius 3 is 2.33 bits per heavy atom. The third-order valence-electron chi connectivity index (χ3n) is 4.86. The Hall–Kier alpha value is -2.12. The predicted molar refractivity (Wildman–Crippen MR) is 128 cm³/mol. The summed E-state index contributed by atoms with van der Waals surface area (Å²) in [5, 5.41) is 4.00. The predicted octanol–water partition coefficient (Wildman–Crippen LogP) is 2.70. The zero-order chi connectivity index (χ0) is 25.8. The number of ether oxygens (including phenoxy) is 1. The van der Waals surface area contributed by atoms with Gasteiger partial charge in [-0.3, -0.25) is 4.79 Å². The van der Waals surface area contributed by atoms with Crippen molar-refractivity contribution in [3.05, 3.63) is 69.0 Å². The molecule has 3 aromatic rings. The molecule has 0 spiro atoms. The van der Waals surface area contributed by atoms with Crippen LogP contribution in [0.2, 0.25) is 0 Å². The van der Waals surface area contributed by atoms with Crippen LogP contribution in [0, 0.1) is 0 Å². The maximum absolute atomic E-state index is 13.5. The van der Waals surface area contributed by atoms with E-state index in [1.54, 1.807) is 31.2 Å². The average Bonchev–Trinajstić information content (AvgIpc) is 3.28. The minimum atomic E-state index is -4.40. The molecule has 3 rings (SSSR count). The quantitative estimate of drug-likeness (QED) is 0.279. The van der Waals surface area contributed by atoms with Crippen molar-refractivity contribution in [3.8, 4) is 16.9 Å². The van der Waals surface area contributed by atoms with E-state index in [1.807, 2.05) is 0 Å². The fourth-order valence-corrected chi connectivity index (χ4v) is 4.55. The van der Waals surface area contributed by atoms with Crippen molar-refractivity contribution in [1.29, 1.82) is 0 Å². The van der Waals surface area contributed by atoms with Gasteiger partial charge in [0.25, 0.3) is 6.43 Å². The van der Waals surface area contributed by atoms with Crippen LogP contribution >= 0.6 is 15.9 Å². The molecular formula is C23H21BrF2N3NaO5S. The number of halogens is 3. The summed E-state index contributed by atoms with van der Waals surface area (Å²) in [7, 11) is -4.40. The first-order chi connectivity index (χ1) is 16.6. The maximum atomic E-state index is 13.5. The van der Waals surface area contributed by atoms with Crippen molar-refractivity contribution < 1.29 is 61.1 Å². The Bertz CT molecular complexity index is 1350. The van der Waals surface area contributed by atoms with Crippen molar-refractivity contribution in [2.75, 3.05) is 0 Å². The van der Waals surface area contributed by atoms with Crippen LogP contribution in [0.1, 0.15) is 44.4 Å². The molecule has 0 radical (unpaired) electrons. The van der Waals surface area contributed by atoms with Crippen LogP contribution in [0.25, 0.3) is 21.7 Å². The molecule has 0 fully saturated rings. The van der Waals surface area contributed by atoms with Crippen molar-refractivity contribution in [1.82, 2.24) is 9.78 Å².